The molecule has 0 amide bonds. The fourth-order valence-electron chi connectivity index (χ4n) is 5.75. The van der Waals surface area contributed by atoms with Gasteiger partial charge in [0.15, 0.2) is 0 Å². The number of rotatable bonds is 4. The molecular weight excluding hydrogens is 472 g/mol. The van der Waals surface area contributed by atoms with Crippen LogP contribution in [-0.2, 0) is 23.1 Å². The van der Waals surface area contributed by atoms with Crippen molar-refractivity contribution in [1.29, 1.82) is 0 Å². The summed E-state index contributed by atoms with van der Waals surface area (Å²) >= 11 is 3.67. The molecule has 33 heavy (non-hydrogen) atoms. The van der Waals surface area contributed by atoms with Gasteiger partial charge in [-0.2, -0.15) is 0 Å². The summed E-state index contributed by atoms with van der Waals surface area (Å²) < 4.78 is 5.76. The molecular formula is C29H37BrN2O. The van der Waals surface area contributed by atoms with Gasteiger partial charge < -0.3 is 10.5 Å². The molecule has 0 bridgehead atoms. The monoisotopic (exact) mass is 508 g/mol. The van der Waals surface area contributed by atoms with Gasteiger partial charge in [0.05, 0.1) is 5.84 Å². The lowest BCUT2D eigenvalue weighted by Crippen LogP contribution is -2.43. The molecule has 1 spiro atoms. The van der Waals surface area contributed by atoms with Crippen molar-refractivity contribution in [2.75, 3.05) is 13.7 Å². The van der Waals surface area contributed by atoms with Crippen molar-refractivity contribution in [3.63, 3.8) is 0 Å². The van der Waals surface area contributed by atoms with E-state index in [-0.39, 0.29) is 5.41 Å². The zero-order valence-corrected chi connectivity index (χ0v) is 22.1. The van der Waals surface area contributed by atoms with Crippen LogP contribution in [0.5, 0.6) is 0 Å². The van der Waals surface area contributed by atoms with Crippen molar-refractivity contribution in [2.24, 2.45) is 16.1 Å². The Bertz CT molecular complexity index is 1070. The quantitative estimate of drug-likeness (QED) is 0.269. The third-order valence-electron chi connectivity index (χ3n) is 6.95. The third kappa shape index (κ3) is 4.74. The molecule has 2 aromatic carbocycles. The summed E-state index contributed by atoms with van der Waals surface area (Å²) in [4.78, 5) is 5.14. The van der Waals surface area contributed by atoms with E-state index in [0.29, 0.717) is 5.84 Å². The number of aryl methyl sites for hydroxylation is 1. The molecule has 0 aliphatic heterocycles. The van der Waals surface area contributed by atoms with Gasteiger partial charge in [0.25, 0.3) is 0 Å². The van der Waals surface area contributed by atoms with Crippen LogP contribution >= 0.6 is 15.9 Å². The number of nitrogens with two attached hydrogens (primary N) is 1. The number of aliphatic imine (C=N–C) groups is 1. The Morgan fingerprint density at radius 3 is 2.48 bits per heavy atom. The van der Waals surface area contributed by atoms with E-state index in [4.69, 9.17) is 15.5 Å². The number of ether oxygens (including phenoxy) is 1. The minimum Gasteiger partial charge on any atom is -0.388 e. The van der Waals surface area contributed by atoms with Crippen molar-refractivity contribution in [3.8, 4) is 0 Å². The van der Waals surface area contributed by atoms with Crippen LogP contribution in [0.4, 0.5) is 0 Å². The molecule has 0 fully saturated rings. The number of hydrogen-bond donors (Lipinski definition) is 1. The average Bonchev–Trinajstić information content (AvgIpc) is 2.93. The Morgan fingerprint density at radius 1 is 1.15 bits per heavy atom. The van der Waals surface area contributed by atoms with E-state index in [9.17, 15) is 0 Å². The maximum Gasteiger partial charge on any atom is 0.115 e. The zero-order valence-electron chi connectivity index (χ0n) is 20.5. The van der Waals surface area contributed by atoms with Crippen molar-refractivity contribution in [3.05, 3.63) is 87.9 Å². The molecule has 0 saturated heterocycles. The van der Waals surface area contributed by atoms with Crippen molar-refractivity contribution >= 4 is 27.3 Å². The average molecular weight is 510 g/mol. The Balaban J connectivity index is 0.000000555. The van der Waals surface area contributed by atoms with Gasteiger partial charge in [-0.1, -0.05) is 66.3 Å². The molecule has 4 rings (SSSR count). The standard InChI is InChI=1S/C25H27BrN2.C4H10O/c1-16(2)25(28-18(4)27)23-13-21(26)10-9-20(23)15-24(25)12-11-19-7-5-6-8-22(19)17(3)14-24;1-3-4-5-2/h5-10,13H,1,3,11-12,14-15H2,2,4H3,(H2,27,28);3-4H2,1-2H3. The van der Waals surface area contributed by atoms with Gasteiger partial charge in [-0.15, -0.1) is 0 Å². The highest BCUT2D eigenvalue weighted by Crippen LogP contribution is 2.63. The lowest BCUT2D eigenvalue weighted by molar-refractivity contribution is 0.167. The van der Waals surface area contributed by atoms with Gasteiger partial charge in [0, 0.05) is 23.6 Å². The van der Waals surface area contributed by atoms with Crippen molar-refractivity contribution < 1.29 is 4.74 Å². The van der Waals surface area contributed by atoms with E-state index in [1.165, 1.54) is 27.8 Å². The number of fused-ring (bicyclic) bond motifs is 2. The molecule has 4 heteroatoms. The van der Waals surface area contributed by atoms with Gasteiger partial charge in [0.2, 0.25) is 0 Å². The molecule has 0 heterocycles. The van der Waals surface area contributed by atoms with Crippen LogP contribution in [-0.4, -0.2) is 19.6 Å². The summed E-state index contributed by atoms with van der Waals surface area (Å²) in [7, 11) is 1.71. The summed E-state index contributed by atoms with van der Waals surface area (Å²) in [5, 5.41) is 0. The molecule has 2 unspecified atom stereocenters. The molecule has 2 N–H and O–H groups in total. The first-order valence-electron chi connectivity index (χ1n) is 11.7. The van der Waals surface area contributed by atoms with E-state index in [1.807, 2.05) is 6.92 Å². The number of allylic oxidation sites excluding steroid dienone is 1. The first-order valence-corrected chi connectivity index (χ1v) is 12.5. The van der Waals surface area contributed by atoms with Crippen LogP contribution < -0.4 is 5.73 Å². The predicted molar refractivity (Wildman–Crippen MR) is 145 cm³/mol. The van der Waals surface area contributed by atoms with Gasteiger partial charge in [0.1, 0.15) is 5.54 Å². The Labute approximate surface area is 208 Å². The highest BCUT2D eigenvalue weighted by molar-refractivity contribution is 9.10. The second kappa shape index (κ2) is 10.4. The Hall–Kier alpha value is -2.17. The molecule has 2 aliphatic carbocycles. The summed E-state index contributed by atoms with van der Waals surface area (Å²) in [6.45, 7) is 15.9. The summed E-state index contributed by atoms with van der Waals surface area (Å²) in [5.41, 5.74) is 13.1. The van der Waals surface area contributed by atoms with E-state index in [0.717, 1.165) is 48.8 Å². The fraction of sp³-hybridized carbons (Fsp3) is 0.414. The van der Waals surface area contributed by atoms with Crippen LogP contribution in [0.2, 0.25) is 0 Å². The number of nitrogens with zero attached hydrogens (tertiary/aromatic N) is 1. The van der Waals surface area contributed by atoms with E-state index < -0.39 is 5.54 Å². The summed E-state index contributed by atoms with van der Waals surface area (Å²) in [6.07, 6.45) is 5.01. The molecule has 2 atom stereocenters. The van der Waals surface area contributed by atoms with Crippen LogP contribution in [0.15, 0.2) is 70.7 Å². The number of hydrogen-bond acceptors (Lipinski definition) is 2. The highest BCUT2D eigenvalue weighted by atomic mass is 79.9. The third-order valence-corrected chi connectivity index (χ3v) is 7.44. The molecule has 0 radical (unpaired) electrons. The minimum absolute atomic E-state index is 0.112. The molecule has 3 nitrogen and oxygen atoms in total. The normalized spacial score (nSPS) is 23.9. The van der Waals surface area contributed by atoms with Crippen LogP contribution in [0.1, 0.15) is 62.3 Å². The maximum absolute atomic E-state index is 6.21. The molecule has 176 valence electrons. The second-order valence-electron chi connectivity index (χ2n) is 9.43. The van der Waals surface area contributed by atoms with Crippen LogP contribution in [0.25, 0.3) is 5.57 Å². The van der Waals surface area contributed by atoms with Crippen molar-refractivity contribution in [2.45, 2.75) is 58.4 Å². The first-order chi connectivity index (χ1) is 15.7. The van der Waals surface area contributed by atoms with E-state index >= 15 is 0 Å². The lowest BCUT2D eigenvalue weighted by atomic mass is 9.62. The lowest BCUT2D eigenvalue weighted by Gasteiger charge is -2.45. The largest absolute Gasteiger partial charge is 0.388 e. The fourth-order valence-corrected chi connectivity index (χ4v) is 6.11. The molecule has 0 aromatic heterocycles. The topological polar surface area (TPSA) is 47.6 Å². The van der Waals surface area contributed by atoms with E-state index in [2.05, 4.69) is 85.4 Å². The van der Waals surface area contributed by atoms with E-state index in [1.54, 1.807) is 7.11 Å². The first kappa shape index (κ1) is 25.5. The van der Waals surface area contributed by atoms with Crippen molar-refractivity contribution in [1.82, 2.24) is 0 Å². The van der Waals surface area contributed by atoms with Gasteiger partial charge in [-0.25, -0.2) is 0 Å². The number of amidine groups is 1. The molecule has 2 aromatic rings. The summed E-state index contributed by atoms with van der Waals surface area (Å²) in [5.74, 6) is 0.600. The maximum atomic E-state index is 6.21. The SMILES string of the molecule is C=C1CC2(CCc3ccccc31)Cc1ccc(Br)cc1C2(N=C(C)N)C(=C)C.CCCOC. The predicted octanol–water partition coefficient (Wildman–Crippen LogP) is 7.23. The number of halogens is 1. The Morgan fingerprint density at radius 2 is 1.88 bits per heavy atom. The van der Waals surface area contributed by atoms with Crippen LogP contribution in [0.3, 0.4) is 0 Å². The van der Waals surface area contributed by atoms with Gasteiger partial charge in [-0.3, -0.25) is 4.99 Å². The highest BCUT2D eigenvalue weighted by Gasteiger charge is 2.58. The molecule has 0 saturated carbocycles. The Kier molecular flexibility index (Phi) is 8.02. The number of methoxy groups -OCH3 is 1. The second-order valence-corrected chi connectivity index (χ2v) is 10.3. The summed E-state index contributed by atoms with van der Waals surface area (Å²) in [6, 6.07) is 15.2. The molecule has 2 aliphatic rings. The number of benzene rings is 2. The van der Waals surface area contributed by atoms with Crippen LogP contribution in [0, 0.1) is 5.41 Å². The van der Waals surface area contributed by atoms with Gasteiger partial charge >= 0.3 is 0 Å². The minimum atomic E-state index is -0.532. The van der Waals surface area contributed by atoms with Gasteiger partial charge in [-0.05, 0) is 91.5 Å². The smallest absolute Gasteiger partial charge is 0.115 e. The zero-order chi connectivity index (χ0) is 24.2.